The second-order valence-corrected chi connectivity index (χ2v) is 6.96. The van der Waals surface area contributed by atoms with Crippen molar-refractivity contribution >= 4 is 21.4 Å². The van der Waals surface area contributed by atoms with Crippen LogP contribution in [0.5, 0.6) is 0 Å². The van der Waals surface area contributed by atoms with E-state index in [9.17, 15) is 8.42 Å². The standard InChI is InChI=1S/C13H13ClN2O2S/c1-10(13-8-15-6-7-16-13)19(17,18)9-11-2-4-12(14)5-3-11/h2-8,10H,9H2,1H3. The molecule has 0 aliphatic heterocycles. The van der Waals surface area contributed by atoms with Crippen LogP contribution in [0.25, 0.3) is 0 Å². The average molecular weight is 297 g/mol. The zero-order valence-corrected chi connectivity index (χ0v) is 11.9. The van der Waals surface area contributed by atoms with Gasteiger partial charge in [-0.05, 0) is 24.6 Å². The molecule has 0 N–H and O–H groups in total. The Hall–Kier alpha value is -1.46. The van der Waals surface area contributed by atoms with Gasteiger partial charge < -0.3 is 0 Å². The van der Waals surface area contributed by atoms with E-state index in [1.54, 1.807) is 31.2 Å². The van der Waals surface area contributed by atoms with Crippen LogP contribution in [0.4, 0.5) is 0 Å². The monoisotopic (exact) mass is 296 g/mol. The molecule has 1 aromatic carbocycles. The van der Waals surface area contributed by atoms with E-state index in [4.69, 9.17) is 11.6 Å². The molecule has 4 nitrogen and oxygen atoms in total. The summed E-state index contributed by atoms with van der Waals surface area (Å²) in [6.07, 6.45) is 4.48. The summed E-state index contributed by atoms with van der Waals surface area (Å²) in [6, 6.07) is 6.78. The largest absolute Gasteiger partial charge is 0.261 e. The fourth-order valence-electron chi connectivity index (χ4n) is 1.64. The van der Waals surface area contributed by atoms with E-state index >= 15 is 0 Å². The first-order chi connectivity index (χ1) is 8.99. The Morgan fingerprint density at radius 3 is 2.47 bits per heavy atom. The first kappa shape index (κ1) is 14.0. The van der Waals surface area contributed by atoms with Crippen molar-refractivity contribution in [2.24, 2.45) is 0 Å². The van der Waals surface area contributed by atoms with Crippen LogP contribution in [0.15, 0.2) is 42.9 Å². The van der Waals surface area contributed by atoms with E-state index in [0.717, 1.165) is 0 Å². The molecule has 0 saturated heterocycles. The van der Waals surface area contributed by atoms with E-state index in [1.807, 2.05) is 0 Å². The van der Waals surface area contributed by atoms with Crippen LogP contribution in [0.3, 0.4) is 0 Å². The zero-order valence-electron chi connectivity index (χ0n) is 10.3. The van der Waals surface area contributed by atoms with Gasteiger partial charge in [-0.1, -0.05) is 23.7 Å². The van der Waals surface area contributed by atoms with Gasteiger partial charge >= 0.3 is 0 Å². The van der Waals surface area contributed by atoms with Crippen LogP contribution >= 0.6 is 11.6 Å². The highest BCUT2D eigenvalue weighted by Gasteiger charge is 2.24. The smallest absolute Gasteiger partial charge is 0.162 e. The molecule has 0 radical (unpaired) electrons. The van der Waals surface area contributed by atoms with Gasteiger partial charge in [-0.2, -0.15) is 0 Å². The van der Waals surface area contributed by atoms with Gasteiger partial charge in [-0.25, -0.2) is 8.42 Å². The quantitative estimate of drug-likeness (QED) is 0.870. The highest BCUT2D eigenvalue weighted by Crippen LogP contribution is 2.23. The first-order valence-electron chi connectivity index (χ1n) is 5.71. The Morgan fingerprint density at radius 2 is 1.89 bits per heavy atom. The first-order valence-corrected chi connectivity index (χ1v) is 7.80. The lowest BCUT2D eigenvalue weighted by Crippen LogP contribution is -2.14. The molecular formula is C13H13ClN2O2S. The third kappa shape index (κ3) is 3.52. The van der Waals surface area contributed by atoms with Crippen molar-refractivity contribution in [1.82, 2.24) is 9.97 Å². The molecule has 0 aliphatic carbocycles. The molecule has 0 fully saturated rings. The predicted octanol–water partition coefficient (Wildman–Crippen LogP) is 2.81. The van der Waals surface area contributed by atoms with Gasteiger partial charge in [0.15, 0.2) is 9.84 Å². The molecule has 1 heterocycles. The zero-order chi connectivity index (χ0) is 13.9. The summed E-state index contributed by atoms with van der Waals surface area (Å²) in [6.45, 7) is 1.62. The maximum Gasteiger partial charge on any atom is 0.162 e. The number of halogens is 1. The summed E-state index contributed by atoms with van der Waals surface area (Å²) >= 11 is 5.77. The minimum Gasteiger partial charge on any atom is -0.261 e. The lowest BCUT2D eigenvalue weighted by atomic mass is 10.2. The lowest BCUT2D eigenvalue weighted by Gasteiger charge is -2.12. The average Bonchev–Trinajstić information content (AvgIpc) is 2.41. The normalized spacial score (nSPS) is 13.2. The summed E-state index contributed by atoms with van der Waals surface area (Å²) in [7, 11) is -3.32. The molecule has 0 amide bonds. The van der Waals surface area contributed by atoms with Crippen molar-refractivity contribution in [3.05, 3.63) is 59.1 Å². The number of rotatable bonds is 4. The second kappa shape index (κ2) is 5.67. The van der Waals surface area contributed by atoms with Crippen LogP contribution < -0.4 is 0 Å². The molecule has 1 aromatic heterocycles. The molecule has 0 bridgehead atoms. The predicted molar refractivity (Wildman–Crippen MR) is 74.5 cm³/mol. The van der Waals surface area contributed by atoms with Crippen molar-refractivity contribution in [2.75, 3.05) is 0 Å². The fourth-order valence-corrected chi connectivity index (χ4v) is 3.17. The Bertz CT molecular complexity index is 642. The lowest BCUT2D eigenvalue weighted by molar-refractivity contribution is 0.583. The number of nitrogens with zero attached hydrogens (tertiary/aromatic N) is 2. The maximum absolute atomic E-state index is 12.3. The Balaban J connectivity index is 2.21. The van der Waals surface area contributed by atoms with Gasteiger partial charge in [-0.3, -0.25) is 9.97 Å². The highest BCUT2D eigenvalue weighted by molar-refractivity contribution is 7.90. The van der Waals surface area contributed by atoms with Crippen LogP contribution in [0.1, 0.15) is 23.4 Å². The van der Waals surface area contributed by atoms with Gasteiger partial charge in [0.1, 0.15) is 5.25 Å². The number of benzene rings is 1. The molecule has 0 aliphatic rings. The molecule has 2 aromatic rings. The third-order valence-electron chi connectivity index (χ3n) is 2.82. The van der Waals surface area contributed by atoms with E-state index in [-0.39, 0.29) is 5.75 Å². The van der Waals surface area contributed by atoms with Crippen LogP contribution in [0.2, 0.25) is 5.02 Å². The van der Waals surface area contributed by atoms with E-state index in [1.165, 1.54) is 18.6 Å². The molecule has 1 atom stereocenters. The Labute approximate surface area is 117 Å². The molecule has 0 spiro atoms. The second-order valence-electron chi connectivity index (χ2n) is 4.21. The number of sulfone groups is 1. The van der Waals surface area contributed by atoms with Crippen molar-refractivity contribution in [3.8, 4) is 0 Å². The molecule has 2 rings (SSSR count). The van der Waals surface area contributed by atoms with Crippen molar-refractivity contribution in [3.63, 3.8) is 0 Å². The summed E-state index contributed by atoms with van der Waals surface area (Å²) in [5, 5.41) is -0.0972. The van der Waals surface area contributed by atoms with Crippen molar-refractivity contribution in [1.29, 1.82) is 0 Å². The topological polar surface area (TPSA) is 59.9 Å². The van der Waals surface area contributed by atoms with Gasteiger partial charge in [0.25, 0.3) is 0 Å². The van der Waals surface area contributed by atoms with E-state index in [2.05, 4.69) is 9.97 Å². The maximum atomic E-state index is 12.3. The molecule has 19 heavy (non-hydrogen) atoms. The van der Waals surface area contributed by atoms with Gasteiger partial charge in [-0.15, -0.1) is 0 Å². The summed E-state index contributed by atoms with van der Waals surface area (Å²) in [5.74, 6) is -0.0398. The minimum absolute atomic E-state index is 0.0398. The minimum atomic E-state index is -3.32. The number of aromatic nitrogens is 2. The van der Waals surface area contributed by atoms with Gasteiger partial charge in [0.05, 0.1) is 11.4 Å². The highest BCUT2D eigenvalue weighted by atomic mass is 35.5. The number of hydrogen-bond donors (Lipinski definition) is 0. The summed E-state index contributed by atoms with van der Waals surface area (Å²) in [5.41, 5.74) is 1.16. The molecule has 1 unspecified atom stereocenters. The Kier molecular flexibility index (Phi) is 4.17. The third-order valence-corrected chi connectivity index (χ3v) is 5.13. The summed E-state index contributed by atoms with van der Waals surface area (Å²) in [4.78, 5) is 7.93. The molecular weight excluding hydrogens is 284 g/mol. The fraction of sp³-hybridized carbons (Fsp3) is 0.231. The molecule has 100 valence electrons. The van der Waals surface area contributed by atoms with Crippen molar-refractivity contribution < 1.29 is 8.42 Å². The Morgan fingerprint density at radius 1 is 1.21 bits per heavy atom. The van der Waals surface area contributed by atoms with Gasteiger partial charge in [0.2, 0.25) is 0 Å². The van der Waals surface area contributed by atoms with Crippen LogP contribution in [-0.4, -0.2) is 18.4 Å². The van der Waals surface area contributed by atoms with E-state index < -0.39 is 15.1 Å². The summed E-state index contributed by atoms with van der Waals surface area (Å²) < 4.78 is 24.6. The SMILES string of the molecule is CC(c1cnccn1)S(=O)(=O)Cc1ccc(Cl)cc1. The van der Waals surface area contributed by atoms with E-state index in [0.29, 0.717) is 16.3 Å². The van der Waals surface area contributed by atoms with Crippen LogP contribution in [0, 0.1) is 0 Å². The van der Waals surface area contributed by atoms with Crippen LogP contribution in [-0.2, 0) is 15.6 Å². The number of hydrogen-bond acceptors (Lipinski definition) is 4. The van der Waals surface area contributed by atoms with Crippen molar-refractivity contribution in [2.45, 2.75) is 17.9 Å². The van der Waals surface area contributed by atoms with Gasteiger partial charge in [0, 0.05) is 23.6 Å². The molecule has 6 heteroatoms. The molecule has 0 saturated carbocycles.